The van der Waals surface area contributed by atoms with Gasteiger partial charge >= 0.3 is 0 Å². The molecule has 0 unspecified atom stereocenters. The summed E-state index contributed by atoms with van der Waals surface area (Å²) in [6, 6.07) is 30.9. The summed E-state index contributed by atoms with van der Waals surface area (Å²) in [4.78, 5) is 15.9. The van der Waals surface area contributed by atoms with Crippen molar-refractivity contribution in [2.75, 3.05) is 6.54 Å². The molecule has 2 heterocycles. The molecule has 1 radical (unpaired) electrons. The Morgan fingerprint density at radius 2 is 1.70 bits per heavy atom. The first-order valence-electron chi connectivity index (χ1n) is 10.4. The van der Waals surface area contributed by atoms with Gasteiger partial charge in [-0.2, -0.15) is 0 Å². The van der Waals surface area contributed by atoms with Crippen molar-refractivity contribution in [2.24, 2.45) is 0 Å². The van der Waals surface area contributed by atoms with Crippen LogP contribution in [0.15, 0.2) is 84.9 Å². The molecule has 3 aromatic carbocycles. The van der Waals surface area contributed by atoms with Crippen molar-refractivity contribution in [1.82, 2.24) is 15.6 Å². The van der Waals surface area contributed by atoms with Gasteiger partial charge < -0.3 is 10.3 Å². The van der Waals surface area contributed by atoms with E-state index in [0.717, 1.165) is 18.4 Å². The van der Waals surface area contributed by atoms with Crippen LogP contribution in [0.3, 0.4) is 0 Å². The largest absolute Gasteiger partial charge is 0.357 e. The maximum atomic E-state index is 12.5. The highest BCUT2D eigenvalue weighted by atomic mass is 16.2. The Hall–Kier alpha value is -3.37. The zero-order chi connectivity index (χ0) is 20.6. The molecular weight excluding hydrogens is 370 g/mol. The van der Waals surface area contributed by atoms with Gasteiger partial charge in [-0.15, -0.1) is 0 Å². The number of aromatic nitrogens is 1. The van der Waals surface area contributed by atoms with Crippen LogP contribution >= 0.6 is 0 Å². The van der Waals surface area contributed by atoms with Gasteiger partial charge in [0.25, 0.3) is 0 Å². The van der Waals surface area contributed by atoms with Crippen LogP contribution in [0.2, 0.25) is 0 Å². The van der Waals surface area contributed by atoms with Gasteiger partial charge in [0.1, 0.15) is 0 Å². The molecule has 0 saturated carbocycles. The van der Waals surface area contributed by atoms with Crippen LogP contribution in [0.5, 0.6) is 0 Å². The molecule has 1 aliphatic heterocycles. The average Bonchev–Trinajstić information content (AvgIpc) is 3.19. The van der Waals surface area contributed by atoms with E-state index in [1.807, 2.05) is 60.7 Å². The van der Waals surface area contributed by atoms with Gasteiger partial charge in [-0.1, -0.05) is 78.9 Å². The van der Waals surface area contributed by atoms with E-state index in [4.69, 9.17) is 0 Å². The standard InChI is InChI=1S/C20H21N3O.C6H5/c24-20(21-11-10-14-6-2-1-3-7-14)18-12-16-15-8-4-5-9-17(15)23-19(16)13-22-18;1-2-4-6-5-3-1/h1-9,18,22-23H,10-13H2,(H,21,24);1-5H/t18-;/m1./s1. The fourth-order valence-corrected chi connectivity index (χ4v) is 3.77. The van der Waals surface area contributed by atoms with Crippen LogP contribution in [0, 0.1) is 6.07 Å². The molecule has 151 valence electrons. The van der Waals surface area contributed by atoms with Crippen molar-refractivity contribution in [3.05, 3.63) is 108 Å². The summed E-state index contributed by atoms with van der Waals surface area (Å²) in [5.41, 5.74) is 4.86. The summed E-state index contributed by atoms with van der Waals surface area (Å²) in [7, 11) is 0. The minimum absolute atomic E-state index is 0.0851. The number of H-pyrrole nitrogens is 1. The van der Waals surface area contributed by atoms with Gasteiger partial charge in [0.15, 0.2) is 0 Å². The van der Waals surface area contributed by atoms with Gasteiger partial charge in [-0.3, -0.25) is 10.1 Å². The molecule has 0 spiro atoms. The molecule has 30 heavy (non-hydrogen) atoms. The van der Waals surface area contributed by atoms with E-state index in [9.17, 15) is 4.79 Å². The second-order valence-electron chi connectivity index (χ2n) is 7.37. The number of para-hydroxylation sites is 1. The number of benzene rings is 3. The summed E-state index contributed by atoms with van der Waals surface area (Å²) in [5, 5.41) is 7.63. The molecule has 0 aliphatic carbocycles. The number of nitrogens with one attached hydrogen (secondary N) is 3. The van der Waals surface area contributed by atoms with Crippen molar-refractivity contribution in [3.8, 4) is 0 Å². The lowest BCUT2D eigenvalue weighted by molar-refractivity contribution is -0.123. The first-order chi connectivity index (χ1) is 14.8. The summed E-state index contributed by atoms with van der Waals surface area (Å²) in [6.07, 6.45) is 1.59. The van der Waals surface area contributed by atoms with Crippen LogP contribution in [-0.2, 0) is 24.2 Å². The number of rotatable bonds is 4. The summed E-state index contributed by atoms with van der Waals surface area (Å²) < 4.78 is 0. The van der Waals surface area contributed by atoms with Crippen LogP contribution in [0.4, 0.5) is 0 Å². The number of hydrogen-bond acceptors (Lipinski definition) is 2. The predicted molar refractivity (Wildman–Crippen MR) is 121 cm³/mol. The molecular formula is C26H26N3O. The van der Waals surface area contributed by atoms with Crippen molar-refractivity contribution >= 4 is 16.8 Å². The molecule has 1 amide bonds. The Morgan fingerprint density at radius 3 is 2.43 bits per heavy atom. The van der Waals surface area contributed by atoms with Crippen molar-refractivity contribution < 1.29 is 4.79 Å². The lowest BCUT2D eigenvalue weighted by Crippen LogP contribution is -2.48. The zero-order valence-corrected chi connectivity index (χ0v) is 16.9. The molecule has 1 aliphatic rings. The number of hydrogen-bond donors (Lipinski definition) is 3. The van der Waals surface area contributed by atoms with Crippen LogP contribution in [-0.4, -0.2) is 23.5 Å². The monoisotopic (exact) mass is 396 g/mol. The van der Waals surface area contributed by atoms with E-state index in [1.54, 1.807) is 0 Å². The highest BCUT2D eigenvalue weighted by Gasteiger charge is 2.26. The average molecular weight is 397 g/mol. The maximum absolute atomic E-state index is 12.5. The van der Waals surface area contributed by atoms with E-state index in [-0.39, 0.29) is 11.9 Å². The van der Waals surface area contributed by atoms with E-state index >= 15 is 0 Å². The molecule has 3 N–H and O–H groups in total. The number of carbonyl (C=O) groups is 1. The molecule has 4 nitrogen and oxygen atoms in total. The third-order valence-electron chi connectivity index (χ3n) is 5.31. The number of amides is 1. The number of aromatic amines is 1. The molecule has 4 heteroatoms. The van der Waals surface area contributed by atoms with Crippen molar-refractivity contribution in [2.45, 2.75) is 25.4 Å². The van der Waals surface area contributed by atoms with Crippen LogP contribution in [0.25, 0.3) is 10.9 Å². The summed E-state index contributed by atoms with van der Waals surface area (Å²) in [6.45, 7) is 1.38. The zero-order valence-electron chi connectivity index (χ0n) is 16.9. The highest BCUT2D eigenvalue weighted by molar-refractivity contribution is 5.88. The highest BCUT2D eigenvalue weighted by Crippen LogP contribution is 2.26. The van der Waals surface area contributed by atoms with E-state index in [0.29, 0.717) is 13.1 Å². The Labute approximate surface area is 177 Å². The molecule has 1 aromatic heterocycles. The maximum Gasteiger partial charge on any atom is 0.237 e. The minimum atomic E-state index is -0.160. The number of carbonyl (C=O) groups excluding carboxylic acids is 1. The minimum Gasteiger partial charge on any atom is -0.357 e. The molecule has 0 bridgehead atoms. The van der Waals surface area contributed by atoms with Gasteiger partial charge in [0.05, 0.1) is 6.04 Å². The smallest absolute Gasteiger partial charge is 0.237 e. The lowest BCUT2D eigenvalue weighted by atomic mass is 9.98. The van der Waals surface area contributed by atoms with Gasteiger partial charge in [0.2, 0.25) is 5.91 Å². The fraction of sp³-hybridized carbons (Fsp3) is 0.192. The molecule has 0 saturated heterocycles. The summed E-state index contributed by atoms with van der Waals surface area (Å²) >= 11 is 0. The Balaban J connectivity index is 0.000000313. The molecule has 1 atom stereocenters. The lowest BCUT2D eigenvalue weighted by Gasteiger charge is -2.23. The first kappa shape index (κ1) is 19.9. The third kappa shape index (κ3) is 4.97. The van der Waals surface area contributed by atoms with Gasteiger partial charge in [0, 0.05) is 29.7 Å². The first-order valence-corrected chi connectivity index (χ1v) is 10.4. The molecule has 4 aromatic rings. The van der Waals surface area contributed by atoms with Crippen LogP contribution < -0.4 is 10.6 Å². The number of fused-ring (bicyclic) bond motifs is 3. The van der Waals surface area contributed by atoms with Gasteiger partial charge in [-0.05, 0) is 36.1 Å². The van der Waals surface area contributed by atoms with E-state index < -0.39 is 0 Å². The van der Waals surface area contributed by atoms with E-state index in [2.05, 4.69) is 45.9 Å². The van der Waals surface area contributed by atoms with Crippen molar-refractivity contribution in [3.63, 3.8) is 0 Å². The van der Waals surface area contributed by atoms with Gasteiger partial charge in [-0.25, -0.2) is 0 Å². The molecule has 5 rings (SSSR count). The SMILES string of the molecule is O=C(NCCc1ccccc1)[C@H]1Cc2c([nH]c3ccccc23)CN1.[c]1ccccc1. The summed E-state index contributed by atoms with van der Waals surface area (Å²) in [5.74, 6) is 0.0851. The van der Waals surface area contributed by atoms with Crippen LogP contribution in [0.1, 0.15) is 16.8 Å². The quantitative estimate of drug-likeness (QED) is 0.488. The second kappa shape index (κ2) is 9.90. The normalized spacial score (nSPS) is 15.0. The Kier molecular flexibility index (Phi) is 6.58. The Bertz CT molecular complexity index is 1050. The topological polar surface area (TPSA) is 56.9 Å². The third-order valence-corrected chi connectivity index (χ3v) is 5.31. The van der Waals surface area contributed by atoms with Crippen molar-refractivity contribution in [1.29, 1.82) is 0 Å². The molecule has 0 fully saturated rings. The second-order valence-corrected chi connectivity index (χ2v) is 7.37. The van der Waals surface area contributed by atoms with E-state index in [1.165, 1.54) is 22.2 Å². The Morgan fingerprint density at radius 1 is 0.967 bits per heavy atom. The predicted octanol–water partition coefficient (Wildman–Crippen LogP) is 4.03. The fourth-order valence-electron chi connectivity index (χ4n) is 3.77.